The molecule has 0 spiro atoms. The van der Waals surface area contributed by atoms with Gasteiger partial charge in [0.1, 0.15) is 17.5 Å². The average Bonchev–Trinajstić information content (AvgIpc) is 2.70. The largest absolute Gasteiger partial charge is 0.484 e. The van der Waals surface area contributed by atoms with Gasteiger partial charge in [-0.3, -0.25) is 9.59 Å². The summed E-state index contributed by atoms with van der Waals surface area (Å²) in [6.07, 6.45) is 2.35. The zero-order valence-electron chi connectivity index (χ0n) is 15.8. The maximum Gasteiger partial charge on any atom is 0.334 e. The van der Waals surface area contributed by atoms with Crippen molar-refractivity contribution in [3.63, 3.8) is 0 Å². The summed E-state index contributed by atoms with van der Waals surface area (Å²) in [7, 11) is 0. The van der Waals surface area contributed by atoms with Crippen molar-refractivity contribution in [2.24, 2.45) is 0 Å². The number of nitrogens with one attached hydrogen (secondary N) is 1. The Bertz CT molecular complexity index is 792. The third-order valence-corrected chi connectivity index (χ3v) is 4.47. The second kappa shape index (κ2) is 11.1. The zero-order valence-corrected chi connectivity index (χ0v) is 16.7. The van der Waals surface area contributed by atoms with Crippen molar-refractivity contribution in [2.45, 2.75) is 19.4 Å². The van der Waals surface area contributed by atoms with Crippen molar-refractivity contribution < 1.29 is 23.9 Å². The van der Waals surface area contributed by atoms with Crippen LogP contribution in [-0.2, 0) is 9.59 Å². The van der Waals surface area contributed by atoms with E-state index >= 15 is 0 Å². The highest BCUT2D eigenvalue weighted by atomic mass is 32.2. The van der Waals surface area contributed by atoms with E-state index in [0.717, 1.165) is 0 Å². The molecular weight excluding hydrogens is 378 g/mol. The van der Waals surface area contributed by atoms with Crippen molar-refractivity contribution >= 4 is 29.4 Å². The van der Waals surface area contributed by atoms with E-state index in [1.165, 1.54) is 6.92 Å². The number of ketones is 1. The molecule has 148 valence electrons. The Morgan fingerprint density at radius 3 is 2.29 bits per heavy atom. The minimum Gasteiger partial charge on any atom is -0.484 e. The molecule has 0 fully saturated rings. The number of benzene rings is 2. The van der Waals surface area contributed by atoms with Crippen molar-refractivity contribution in [1.29, 1.82) is 0 Å². The quantitative estimate of drug-likeness (QED) is 0.374. The summed E-state index contributed by atoms with van der Waals surface area (Å²) in [5.41, 5.74) is 0.532. The summed E-state index contributed by atoms with van der Waals surface area (Å²) >= 11 is 1.57. The molecule has 7 heteroatoms. The van der Waals surface area contributed by atoms with Crippen LogP contribution in [0.25, 0.3) is 0 Å². The fourth-order valence-electron chi connectivity index (χ4n) is 2.33. The molecule has 2 aromatic carbocycles. The van der Waals surface area contributed by atoms with Crippen LogP contribution >= 0.6 is 11.8 Å². The monoisotopic (exact) mass is 401 g/mol. The van der Waals surface area contributed by atoms with E-state index in [2.05, 4.69) is 5.32 Å². The lowest BCUT2D eigenvalue weighted by Crippen LogP contribution is -2.45. The molecule has 1 atom stereocenters. The van der Waals surface area contributed by atoms with Crippen LogP contribution in [0, 0.1) is 0 Å². The molecule has 0 radical (unpaired) electrons. The third-order valence-electron chi connectivity index (χ3n) is 3.82. The average molecular weight is 401 g/mol. The Morgan fingerprint density at radius 2 is 1.68 bits per heavy atom. The number of esters is 1. The van der Waals surface area contributed by atoms with E-state index in [0.29, 0.717) is 29.2 Å². The standard InChI is InChI=1S/C21H23NO5S/c1-15(23)16-8-10-18(11-9-16)27-21(25)19(12-13-28-2)22-20(24)14-26-17-6-4-3-5-7-17/h3-11,19H,12-14H2,1-2H3,(H,22,24)/t19-/m0/s1. The molecule has 0 aliphatic rings. The first kappa shape index (κ1) is 21.5. The lowest BCUT2D eigenvalue weighted by Gasteiger charge is -2.17. The van der Waals surface area contributed by atoms with Crippen molar-refractivity contribution in [3.05, 3.63) is 60.2 Å². The molecule has 0 heterocycles. The van der Waals surface area contributed by atoms with Gasteiger partial charge < -0.3 is 14.8 Å². The molecular formula is C21H23NO5S. The van der Waals surface area contributed by atoms with Crippen LogP contribution in [0.4, 0.5) is 0 Å². The highest BCUT2D eigenvalue weighted by Gasteiger charge is 2.23. The zero-order chi connectivity index (χ0) is 20.4. The Balaban J connectivity index is 1.93. The van der Waals surface area contributed by atoms with Crippen LogP contribution < -0.4 is 14.8 Å². The molecule has 1 amide bonds. The van der Waals surface area contributed by atoms with Gasteiger partial charge in [0.05, 0.1) is 0 Å². The molecule has 0 aromatic heterocycles. The Morgan fingerprint density at radius 1 is 1.00 bits per heavy atom. The molecule has 0 aliphatic carbocycles. The van der Waals surface area contributed by atoms with E-state index in [1.807, 2.05) is 24.5 Å². The normalized spacial score (nSPS) is 11.4. The fourth-order valence-corrected chi connectivity index (χ4v) is 2.80. The summed E-state index contributed by atoms with van der Waals surface area (Å²) in [4.78, 5) is 36.0. The topological polar surface area (TPSA) is 81.7 Å². The van der Waals surface area contributed by atoms with Gasteiger partial charge in [0.2, 0.25) is 0 Å². The number of carbonyl (C=O) groups is 3. The first-order valence-electron chi connectivity index (χ1n) is 8.78. The summed E-state index contributed by atoms with van der Waals surface area (Å²) in [6, 6.07) is 14.5. The number of ether oxygens (including phenoxy) is 2. The van der Waals surface area contributed by atoms with Crippen LogP contribution in [0.15, 0.2) is 54.6 Å². The number of hydrogen-bond acceptors (Lipinski definition) is 6. The van der Waals surface area contributed by atoms with Gasteiger partial charge in [-0.15, -0.1) is 0 Å². The van der Waals surface area contributed by atoms with Crippen LogP contribution in [0.1, 0.15) is 23.7 Å². The van der Waals surface area contributed by atoms with E-state index in [-0.39, 0.29) is 12.4 Å². The van der Waals surface area contributed by atoms with Crippen LogP contribution in [0.3, 0.4) is 0 Å². The van der Waals surface area contributed by atoms with E-state index in [9.17, 15) is 14.4 Å². The van der Waals surface area contributed by atoms with Gasteiger partial charge in [-0.2, -0.15) is 11.8 Å². The van der Waals surface area contributed by atoms with Gasteiger partial charge in [-0.25, -0.2) is 4.79 Å². The van der Waals surface area contributed by atoms with Crippen LogP contribution in [-0.4, -0.2) is 42.3 Å². The number of para-hydroxylation sites is 1. The third kappa shape index (κ3) is 7.08. The number of amides is 1. The van der Waals surface area contributed by atoms with Crippen molar-refractivity contribution in [2.75, 3.05) is 18.6 Å². The molecule has 2 rings (SSSR count). The summed E-state index contributed by atoms with van der Waals surface area (Å²) < 4.78 is 10.8. The van der Waals surface area contributed by atoms with Gasteiger partial charge in [0, 0.05) is 5.56 Å². The fraction of sp³-hybridized carbons (Fsp3) is 0.286. The molecule has 6 nitrogen and oxygen atoms in total. The minimum atomic E-state index is -0.785. The van der Waals surface area contributed by atoms with Crippen molar-refractivity contribution in [1.82, 2.24) is 5.32 Å². The second-order valence-corrected chi connectivity index (χ2v) is 6.99. The molecule has 1 N–H and O–H groups in total. The highest BCUT2D eigenvalue weighted by Crippen LogP contribution is 2.14. The highest BCUT2D eigenvalue weighted by molar-refractivity contribution is 7.98. The van der Waals surface area contributed by atoms with Gasteiger partial charge >= 0.3 is 5.97 Å². The predicted molar refractivity (Wildman–Crippen MR) is 109 cm³/mol. The first-order chi connectivity index (χ1) is 13.5. The lowest BCUT2D eigenvalue weighted by molar-refractivity contribution is -0.139. The number of thioether (sulfide) groups is 1. The predicted octanol–water partition coefficient (Wildman–Crippen LogP) is 3.11. The van der Waals surface area contributed by atoms with E-state index in [4.69, 9.17) is 9.47 Å². The number of rotatable bonds is 10. The van der Waals surface area contributed by atoms with Gasteiger partial charge in [0.25, 0.3) is 5.91 Å². The molecule has 0 bridgehead atoms. The van der Waals surface area contributed by atoms with E-state index in [1.54, 1.807) is 48.2 Å². The summed E-state index contributed by atoms with van der Waals surface area (Å²) in [6.45, 7) is 1.27. The maximum atomic E-state index is 12.5. The summed E-state index contributed by atoms with van der Waals surface area (Å²) in [5, 5.41) is 2.67. The molecule has 0 unspecified atom stereocenters. The van der Waals surface area contributed by atoms with E-state index < -0.39 is 17.9 Å². The number of carbonyl (C=O) groups excluding carboxylic acids is 3. The minimum absolute atomic E-state index is 0.0681. The number of hydrogen-bond donors (Lipinski definition) is 1. The number of Topliss-reactive ketones (excluding diaryl/α,β-unsaturated/α-hetero) is 1. The van der Waals surface area contributed by atoms with Gasteiger partial charge in [-0.05, 0) is 61.8 Å². The second-order valence-electron chi connectivity index (χ2n) is 6.00. The first-order valence-corrected chi connectivity index (χ1v) is 10.2. The molecule has 0 saturated heterocycles. The Kier molecular flexibility index (Phi) is 8.55. The SMILES string of the molecule is CSCC[C@H](NC(=O)COc1ccccc1)C(=O)Oc1ccc(C(C)=O)cc1. The maximum absolute atomic E-state index is 12.5. The molecule has 28 heavy (non-hydrogen) atoms. The van der Waals surface area contributed by atoms with Crippen LogP contribution in [0.5, 0.6) is 11.5 Å². The molecule has 0 aliphatic heterocycles. The molecule has 2 aromatic rings. The smallest absolute Gasteiger partial charge is 0.334 e. The Hall–Kier alpha value is -2.80. The Labute approximate surface area is 168 Å². The molecule has 0 saturated carbocycles. The van der Waals surface area contributed by atoms with Crippen LogP contribution in [0.2, 0.25) is 0 Å². The van der Waals surface area contributed by atoms with Crippen molar-refractivity contribution in [3.8, 4) is 11.5 Å². The summed E-state index contributed by atoms with van der Waals surface area (Å²) in [5.74, 6) is 0.548. The van der Waals surface area contributed by atoms with Gasteiger partial charge in [0.15, 0.2) is 12.4 Å². The van der Waals surface area contributed by atoms with Gasteiger partial charge in [-0.1, -0.05) is 18.2 Å². The lowest BCUT2D eigenvalue weighted by atomic mass is 10.1.